The minimum atomic E-state index is 0.133. The number of amides is 1. The summed E-state index contributed by atoms with van der Waals surface area (Å²) in [5.41, 5.74) is 1.12. The number of hydrogen-bond donors (Lipinski definition) is 2. The molecule has 0 bridgehead atoms. The number of rotatable bonds is 6. The Morgan fingerprint density at radius 1 is 1.26 bits per heavy atom. The highest BCUT2D eigenvalue weighted by Crippen LogP contribution is 2.21. The van der Waals surface area contributed by atoms with Crippen LogP contribution < -0.4 is 15.4 Å². The van der Waals surface area contributed by atoms with Gasteiger partial charge in [0.25, 0.3) is 0 Å². The molecular formula is C19H24N2O2. The second-order valence-electron chi connectivity index (χ2n) is 6.16. The van der Waals surface area contributed by atoms with Crippen LogP contribution in [-0.2, 0) is 11.3 Å². The SMILES string of the molecule is COc1ccc2cc(CNC(=O)CCC3CCCN3)ccc2c1. The van der Waals surface area contributed by atoms with Gasteiger partial charge in [0.1, 0.15) is 5.75 Å². The maximum atomic E-state index is 12.0. The van der Waals surface area contributed by atoms with Crippen molar-refractivity contribution >= 4 is 16.7 Å². The molecule has 23 heavy (non-hydrogen) atoms. The van der Waals surface area contributed by atoms with E-state index in [-0.39, 0.29) is 5.91 Å². The number of ether oxygens (including phenoxy) is 1. The quantitative estimate of drug-likeness (QED) is 0.862. The van der Waals surface area contributed by atoms with E-state index in [1.54, 1.807) is 7.11 Å². The van der Waals surface area contributed by atoms with Crippen molar-refractivity contribution in [2.45, 2.75) is 38.3 Å². The average molecular weight is 312 g/mol. The average Bonchev–Trinajstić information content (AvgIpc) is 3.11. The van der Waals surface area contributed by atoms with Gasteiger partial charge >= 0.3 is 0 Å². The van der Waals surface area contributed by atoms with E-state index in [1.807, 2.05) is 18.2 Å². The molecule has 3 rings (SSSR count). The van der Waals surface area contributed by atoms with Crippen LogP contribution in [0.4, 0.5) is 0 Å². The standard InChI is InChI=1S/C19H24N2O2/c1-23-18-8-6-15-11-14(4-5-16(15)12-18)13-21-19(22)9-7-17-3-2-10-20-17/h4-6,8,11-12,17,20H,2-3,7,9-10,13H2,1H3,(H,21,22). The maximum absolute atomic E-state index is 12.0. The van der Waals surface area contributed by atoms with Crippen molar-refractivity contribution in [1.82, 2.24) is 10.6 Å². The fraction of sp³-hybridized carbons (Fsp3) is 0.421. The summed E-state index contributed by atoms with van der Waals surface area (Å²) < 4.78 is 5.24. The van der Waals surface area contributed by atoms with Crippen LogP contribution in [0, 0.1) is 0 Å². The topological polar surface area (TPSA) is 50.4 Å². The van der Waals surface area contributed by atoms with Gasteiger partial charge in [0.2, 0.25) is 5.91 Å². The van der Waals surface area contributed by atoms with E-state index in [0.29, 0.717) is 19.0 Å². The predicted octanol–water partition coefficient (Wildman–Crippen LogP) is 3.00. The highest BCUT2D eigenvalue weighted by Gasteiger charge is 2.15. The number of methoxy groups -OCH3 is 1. The summed E-state index contributed by atoms with van der Waals surface area (Å²) in [6, 6.07) is 12.8. The molecule has 1 heterocycles. The first-order valence-electron chi connectivity index (χ1n) is 8.31. The predicted molar refractivity (Wildman–Crippen MR) is 92.6 cm³/mol. The van der Waals surface area contributed by atoms with Crippen LogP contribution in [0.3, 0.4) is 0 Å². The molecule has 1 fully saturated rings. The van der Waals surface area contributed by atoms with Crippen LogP contribution in [0.5, 0.6) is 5.75 Å². The van der Waals surface area contributed by atoms with Gasteiger partial charge in [-0.1, -0.05) is 18.2 Å². The molecule has 2 N–H and O–H groups in total. The molecular weight excluding hydrogens is 288 g/mol. The van der Waals surface area contributed by atoms with Gasteiger partial charge in [-0.25, -0.2) is 0 Å². The molecule has 0 radical (unpaired) electrons. The van der Waals surface area contributed by atoms with E-state index in [4.69, 9.17) is 4.74 Å². The fourth-order valence-electron chi connectivity index (χ4n) is 3.11. The first-order chi connectivity index (χ1) is 11.2. The summed E-state index contributed by atoms with van der Waals surface area (Å²) in [7, 11) is 1.67. The zero-order valence-electron chi connectivity index (χ0n) is 13.6. The highest BCUT2D eigenvalue weighted by atomic mass is 16.5. The number of benzene rings is 2. The van der Waals surface area contributed by atoms with E-state index < -0.39 is 0 Å². The maximum Gasteiger partial charge on any atom is 0.220 e. The van der Waals surface area contributed by atoms with Gasteiger partial charge in [-0.05, 0) is 60.3 Å². The van der Waals surface area contributed by atoms with E-state index in [0.717, 1.165) is 35.1 Å². The second kappa shape index (κ2) is 7.47. The molecule has 122 valence electrons. The normalized spacial score (nSPS) is 17.3. The molecule has 0 saturated carbocycles. The van der Waals surface area contributed by atoms with Gasteiger partial charge in [-0.3, -0.25) is 4.79 Å². The summed E-state index contributed by atoms with van der Waals surface area (Å²) in [6.45, 7) is 1.67. The minimum absolute atomic E-state index is 0.133. The zero-order chi connectivity index (χ0) is 16.1. The third-order valence-corrected chi connectivity index (χ3v) is 4.48. The molecule has 0 aromatic heterocycles. The lowest BCUT2D eigenvalue weighted by Crippen LogP contribution is -2.27. The van der Waals surface area contributed by atoms with E-state index in [2.05, 4.69) is 28.8 Å². The summed E-state index contributed by atoms with van der Waals surface area (Å²) >= 11 is 0. The van der Waals surface area contributed by atoms with Crippen molar-refractivity contribution in [3.05, 3.63) is 42.0 Å². The molecule has 1 atom stereocenters. The third-order valence-electron chi connectivity index (χ3n) is 4.48. The smallest absolute Gasteiger partial charge is 0.220 e. The summed E-state index contributed by atoms with van der Waals surface area (Å²) in [6.07, 6.45) is 3.96. The van der Waals surface area contributed by atoms with E-state index >= 15 is 0 Å². The van der Waals surface area contributed by atoms with Crippen molar-refractivity contribution in [2.24, 2.45) is 0 Å². The van der Waals surface area contributed by atoms with Crippen molar-refractivity contribution in [3.8, 4) is 5.75 Å². The van der Waals surface area contributed by atoms with Crippen LogP contribution in [0.25, 0.3) is 10.8 Å². The van der Waals surface area contributed by atoms with Crippen LogP contribution in [0.2, 0.25) is 0 Å². The Hall–Kier alpha value is -2.07. The van der Waals surface area contributed by atoms with Crippen LogP contribution >= 0.6 is 0 Å². The molecule has 0 aliphatic carbocycles. The van der Waals surface area contributed by atoms with Crippen molar-refractivity contribution < 1.29 is 9.53 Å². The Morgan fingerprint density at radius 2 is 2.09 bits per heavy atom. The van der Waals surface area contributed by atoms with Gasteiger partial charge in [-0.2, -0.15) is 0 Å². The molecule has 1 saturated heterocycles. The van der Waals surface area contributed by atoms with Crippen LogP contribution in [0.15, 0.2) is 36.4 Å². The first-order valence-corrected chi connectivity index (χ1v) is 8.31. The van der Waals surface area contributed by atoms with Crippen LogP contribution in [-0.4, -0.2) is 25.6 Å². The van der Waals surface area contributed by atoms with Gasteiger partial charge < -0.3 is 15.4 Å². The number of nitrogens with one attached hydrogen (secondary N) is 2. The second-order valence-corrected chi connectivity index (χ2v) is 6.16. The van der Waals surface area contributed by atoms with Gasteiger partial charge in [0, 0.05) is 19.0 Å². The lowest BCUT2D eigenvalue weighted by molar-refractivity contribution is -0.121. The fourth-order valence-corrected chi connectivity index (χ4v) is 3.11. The first kappa shape index (κ1) is 15.8. The van der Waals surface area contributed by atoms with Gasteiger partial charge in [-0.15, -0.1) is 0 Å². The zero-order valence-corrected chi connectivity index (χ0v) is 13.6. The third kappa shape index (κ3) is 4.23. The van der Waals surface area contributed by atoms with E-state index in [1.165, 1.54) is 12.8 Å². The number of carbonyl (C=O) groups is 1. The summed E-state index contributed by atoms with van der Waals surface area (Å²) in [4.78, 5) is 12.0. The molecule has 1 aliphatic heterocycles. The Morgan fingerprint density at radius 3 is 2.87 bits per heavy atom. The summed E-state index contributed by atoms with van der Waals surface area (Å²) in [5.74, 6) is 0.993. The molecule has 4 heteroatoms. The minimum Gasteiger partial charge on any atom is -0.497 e. The Labute approximate surface area is 137 Å². The van der Waals surface area contributed by atoms with Crippen molar-refractivity contribution in [2.75, 3.05) is 13.7 Å². The number of carbonyl (C=O) groups excluding carboxylic acids is 1. The summed E-state index contributed by atoms with van der Waals surface area (Å²) in [5, 5.41) is 8.75. The molecule has 2 aromatic carbocycles. The Kier molecular flexibility index (Phi) is 5.13. The number of hydrogen-bond acceptors (Lipinski definition) is 3. The molecule has 1 aliphatic rings. The van der Waals surface area contributed by atoms with Gasteiger partial charge in [0.05, 0.1) is 7.11 Å². The molecule has 1 amide bonds. The largest absolute Gasteiger partial charge is 0.497 e. The lowest BCUT2D eigenvalue weighted by atomic mass is 10.1. The highest BCUT2D eigenvalue weighted by molar-refractivity contribution is 5.84. The molecule has 0 spiro atoms. The van der Waals surface area contributed by atoms with E-state index in [9.17, 15) is 4.79 Å². The number of fused-ring (bicyclic) bond motifs is 1. The molecule has 2 aromatic rings. The van der Waals surface area contributed by atoms with Crippen LogP contribution in [0.1, 0.15) is 31.2 Å². The lowest BCUT2D eigenvalue weighted by Gasteiger charge is -2.10. The van der Waals surface area contributed by atoms with Gasteiger partial charge in [0.15, 0.2) is 0 Å². The molecule has 1 unspecified atom stereocenters. The monoisotopic (exact) mass is 312 g/mol. The Balaban J connectivity index is 1.53. The van der Waals surface area contributed by atoms with Crippen molar-refractivity contribution in [3.63, 3.8) is 0 Å². The molecule has 4 nitrogen and oxygen atoms in total. The van der Waals surface area contributed by atoms with Crippen molar-refractivity contribution in [1.29, 1.82) is 0 Å². The Bertz CT molecular complexity index is 678.